The number of carbonyl (C=O) groups is 1. The molecule has 1 rings (SSSR count). The average molecular weight is 296 g/mol. The van der Waals surface area contributed by atoms with Crippen LogP contribution in [0.4, 0.5) is 4.79 Å². The van der Waals surface area contributed by atoms with Crippen molar-refractivity contribution >= 4 is 6.09 Å². The van der Waals surface area contributed by atoms with Gasteiger partial charge in [-0.2, -0.15) is 0 Å². The molecule has 5 nitrogen and oxygen atoms in total. The van der Waals surface area contributed by atoms with Crippen molar-refractivity contribution in [1.29, 1.82) is 0 Å². The monoisotopic (exact) mass is 296 g/mol. The SMILES string of the molecule is CCc1ccc(CNCC(CC)NC(=O)OC(C)(C)C)o1. The first kappa shape index (κ1) is 17.6. The van der Waals surface area contributed by atoms with Crippen molar-refractivity contribution in [2.75, 3.05) is 6.54 Å². The van der Waals surface area contributed by atoms with Crippen LogP contribution in [0.5, 0.6) is 0 Å². The van der Waals surface area contributed by atoms with E-state index < -0.39 is 5.60 Å². The molecule has 0 saturated carbocycles. The molecular formula is C16H28N2O3. The van der Waals surface area contributed by atoms with Gasteiger partial charge in [0, 0.05) is 19.0 Å². The second-order valence-corrected chi connectivity index (χ2v) is 6.10. The molecule has 1 heterocycles. The van der Waals surface area contributed by atoms with E-state index in [1.807, 2.05) is 39.8 Å². The van der Waals surface area contributed by atoms with Crippen molar-refractivity contribution in [3.63, 3.8) is 0 Å². The molecule has 0 fully saturated rings. The summed E-state index contributed by atoms with van der Waals surface area (Å²) in [6.45, 7) is 11.0. The van der Waals surface area contributed by atoms with Crippen molar-refractivity contribution in [3.8, 4) is 0 Å². The second-order valence-electron chi connectivity index (χ2n) is 6.10. The Labute approximate surface area is 127 Å². The molecule has 0 spiro atoms. The fourth-order valence-corrected chi connectivity index (χ4v) is 1.85. The molecule has 0 saturated heterocycles. The lowest BCUT2D eigenvalue weighted by Crippen LogP contribution is -2.43. The van der Waals surface area contributed by atoms with Gasteiger partial charge >= 0.3 is 6.09 Å². The van der Waals surface area contributed by atoms with Crippen LogP contribution in [0.1, 0.15) is 52.6 Å². The third-order valence-corrected chi connectivity index (χ3v) is 2.97. The van der Waals surface area contributed by atoms with Gasteiger partial charge in [0.1, 0.15) is 17.1 Å². The van der Waals surface area contributed by atoms with E-state index in [0.717, 1.165) is 24.4 Å². The normalized spacial score (nSPS) is 13.0. The number of amides is 1. The fourth-order valence-electron chi connectivity index (χ4n) is 1.85. The largest absolute Gasteiger partial charge is 0.465 e. The maximum absolute atomic E-state index is 11.7. The minimum absolute atomic E-state index is 0.0421. The first-order valence-corrected chi connectivity index (χ1v) is 7.61. The molecule has 0 bridgehead atoms. The number of furan rings is 1. The van der Waals surface area contributed by atoms with E-state index in [1.165, 1.54) is 0 Å². The van der Waals surface area contributed by atoms with Crippen molar-refractivity contribution in [1.82, 2.24) is 10.6 Å². The number of rotatable bonds is 7. The number of hydrogen-bond acceptors (Lipinski definition) is 4. The van der Waals surface area contributed by atoms with E-state index in [1.54, 1.807) is 0 Å². The predicted molar refractivity (Wildman–Crippen MR) is 83.2 cm³/mol. The minimum Gasteiger partial charge on any atom is -0.465 e. The molecule has 0 aliphatic carbocycles. The number of alkyl carbamates (subject to hydrolysis) is 1. The van der Waals surface area contributed by atoms with E-state index in [2.05, 4.69) is 17.6 Å². The Morgan fingerprint density at radius 1 is 1.29 bits per heavy atom. The molecule has 1 aromatic rings. The highest BCUT2D eigenvalue weighted by Crippen LogP contribution is 2.08. The molecule has 1 amide bonds. The molecule has 2 N–H and O–H groups in total. The average Bonchev–Trinajstić information content (AvgIpc) is 2.83. The minimum atomic E-state index is -0.472. The van der Waals surface area contributed by atoms with Crippen LogP contribution >= 0.6 is 0 Å². The topological polar surface area (TPSA) is 63.5 Å². The van der Waals surface area contributed by atoms with Crippen LogP contribution in [0.25, 0.3) is 0 Å². The fraction of sp³-hybridized carbons (Fsp3) is 0.688. The summed E-state index contributed by atoms with van der Waals surface area (Å²) in [5.74, 6) is 1.91. The summed E-state index contributed by atoms with van der Waals surface area (Å²) in [5.41, 5.74) is -0.472. The summed E-state index contributed by atoms with van der Waals surface area (Å²) in [7, 11) is 0. The Balaban J connectivity index is 2.32. The highest BCUT2D eigenvalue weighted by Gasteiger charge is 2.18. The zero-order chi connectivity index (χ0) is 15.9. The molecule has 0 aromatic carbocycles. The van der Waals surface area contributed by atoms with Gasteiger partial charge in [-0.05, 0) is 39.3 Å². The quantitative estimate of drug-likeness (QED) is 0.811. The molecular weight excluding hydrogens is 268 g/mol. The van der Waals surface area contributed by atoms with E-state index >= 15 is 0 Å². The summed E-state index contributed by atoms with van der Waals surface area (Å²) in [6, 6.07) is 4.02. The highest BCUT2D eigenvalue weighted by molar-refractivity contribution is 5.68. The smallest absolute Gasteiger partial charge is 0.407 e. The Morgan fingerprint density at radius 3 is 2.48 bits per heavy atom. The summed E-state index contributed by atoms with van der Waals surface area (Å²) in [4.78, 5) is 11.7. The third kappa shape index (κ3) is 7.18. The Morgan fingerprint density at radius 2 is 1.95 bits per heavy atom. The van der Waals surface area contributed by atoms with E-state index in [9.17, 15) is 4.79 Å². The van der Waals surface area contributed by atoms with Crippen LogP contribution in [-0.4, -0.2) is 24.3 Å². The summed E-state index contributed by atoms with van der Waals surface area (Å²) in [5, 5.41) is 6.17. The number of nitrogens with one attached hydrogen (secondary N) is 2. The van der Waals surface area contributed by atoms with Crippen LogP contribution in [0.3, 0.4) is 0 Å². The molecule has 1 atom stereocenters. The summed E-state index contributed by atoms with van der Waals surface area (Å²) in [6.07, 6.45) is 1.37. The zero-order valence-corrected chi connectivity index (χ0v) is 13.8. The van der Waals surface area contributed by atoms with E-state index in [0.29, 0.717) is 13.1 Å². The lowest BCUT2D eigenvalue weighted by atomic mass is 10.2. The van der Waals surface area contributed by atoms with Crippen LogP contribution in [0.15, 0.2) is 16.5 Å². The maximum Gasteiger partial charge on any atom is 0.407 e. The lowest BCUT2D eigenvalue weighted by molar-refractivity contribution is 0.0502. The second kappa shape index (κ2) is 8.08. The predicted octanol–water partition coefficient (Wildman–Crippen LogP) is 3.23. The van der Waals surface area contributed by atoms with Gasteiger partial charge in [-0.25, -0.2) is 4.79 Å². The standard InChI is InChI=1S/C16H28N2O3/c1-6-12(18-15(19)21-16(3,4)5)10-17-11-14-9-8-13(7-2)20-14/h8-9,12,17H,6-7,10-11H2,1-5H3,(H,18,19). The number of hydrogen-bond donors (Lipinski definition) is 2. The van der Waals surface area contributed by atoms with Crippen LogP contribution < -0.4 is 10.6 Å². The number of carbonyl (C=O) groups excluding carboxylic acids is 1. The summed E-state index contributed by atoms with van der Waals surface area (Å²) < 4.78 is 10.9. The van der Waals surface area contributed by atoms with Gasteiger partial charge in [-0.15, -0.1) is 0 Å². The van der Waals surface area contributed by atoms with Crippen LogP contribution in [0, 0.1) is 0 Å². The molecule has 1 aromatic heterocycles. The maximum atomic E-state index is 11.7. The zero-order valence-electron chi connectivity index (χ0n) is 13.8. The van der Waals surface area contributed by atoms with Crippen molar-refractivity contribution < 1.29 is 13.9 Å². The Bertz CT molecular complexity index is 435. The van der Waals surface area contributed by atoms with Gasteiger partial charge in [0.15, 0.2) is 0 Å². The van der Waals surface area contributed by atoms with Gasteiger partial charge in [0.05, 0.1) is 6.54 Å². The molecule has 21 heavy (non-hydrogen) atoms. The molecule has 120 valence electrons. The van der Waals surface area contributed by atoms with Crippen LogP contribution in [-0.2, 0) is 17.7 Å². The Kier molecular flexibility index (Phi) is 6.75. The number of ether oxygens (including phenoxy) is 1. The van der Waals surface area contributed by atoms with Crippen molar-refractivity contribution in [2.45, 2.75) is 65.6 Å². The molecule has 0 aliphatic rings. The first-order valence-electron chi connectivity index (χ1n) is 7.61. The highest BCUT2D eigenvalue weighted by atomic mass is 16.6. The molecule has 0 aliphatic heterocycles. The van der Waals surface area contributed by atoms with Gasteiger partial charge in [0.25, 0.3) is 0 Å². The van der Waals surface area contributed by atoms with E-state index in [4.69, 9.17) is 9.15 Å². The Hall–Kier alpha value is -1.49. The van der Waals surface area contributed by atoms with Crippen LogP contribution in [0.2, 0.25) is 0 Å². The van der Waals surface area contributed by atoms with Gasteiger partial charge in [0.2, 0.25) is 0 Å². The molecule has 0 radical (unpaired) electrons. The molecule has 1 unspecified atom stereocenters. The number of aryl methyl sites for hydroxylation is 1. The lowest BCUT2D eigenvalue weighted by Gasteiger charge is -2.23. The third-order valence-electron chi connectivity index (χ3n) is 2.97. The molecule has 5 heteroatoms. The van der Waals surface area contributed by atoms with Crippen molar-refractivity contribution in [3.05, 3.63) is 23.7 Å². The summed E-state index contributed by atoms with van der Waals surface area (Å²) >= 11 is 0. The van der Waals surface area contributed by atoms with Gasteiger partial charge in [-0.1, -0.05) is 13.8 Å². The first-order chi connectivity index (χ1) is 9.84. The van der Waals surface area contributed by atoms with Gasteiger partial charge < -0.3 is 19.8 Å². The van der Waals surface area contributed by atoms with Crippen molar-refractivity contribution in [2.24, 2.45) is 0 Å². The van der Waals surface area contributed by atoms with Gasteiger partial charge in [-0.3, -0.25) is 0 Å². The van der Waals surface area contributed by atoms with E-state index in [-0.39, 0.29) is 12.1 Å².